The van der Waals surface area contributed by atoms with E-state index >= 15 is 0 Å². The van der Waals surface area contributed by atoms with Gasteiger partial charge in [0.25, 0.3) is 6.71 Å². The van der Waals surface area contributed by atoms with E-state index in [0.717, 1.165) is 61.8 Å². The molecule has 0 bridgehead atoms. The van der Waals surface area contributed by atoms with Gasteiger partial charge in [0.05, 0.1) is 17.1 Å². The quantitative estimate of drug-likeness (QED) is 0.160. The molecular weight excluding hydrogens is 886 g/mol. The van der Waals surface area contributed by atoms with Gasteiger partial charge < -0.3 is 19.1 Å². The van der Waals surface area contributed by atoms with E-state index in [1.54, 1.807) is 0 Å². The van der Waals surface area contributed by atoms with Gasteiger partial charge in [-0.25, -0.2) is 0 Å². The van der Waals surface area contributed by atoms with Crippen LogP contribution in [0.25, 0.3) is 32.7 Å². The lowest BCUT2D eigenvalue weighted by molar-refractivity contribution is 0.573. The normalized spacial score (nSPS) is 13.7. The molecule has 0 saturated heterocycles. The van der Waals surface area contributed by atoms with Crippen molar-refractivity contribution in [2.75, 3.05) is 14.7 Å². The smallest absolute Gasteiger partial charge is 0.252 e. The second-order valence-electron chi connectivity index (χ2n) is 24.7. The number of nitrogens with zero attached hydrogens (tertiary/aromatic N) is 3. The third-order valence-corrected chi connectivity index (χ3v) is 15.6. The minimum Gasteiger partial charge on any atom is -0.454 e. The maximum atomic E-state index is 7.24. The standard InChI is InChI=1S/C68H66BN3O/c1-65(2,3)44-31-35-48(36-32-44)71-57-37-33-45(66(4,5)6)39-54(57)69-55-40-46(67(7,8)9)34-38-58(55)72(56-29-18-22-43-21-16-17-25-50(43)56)61-42-49(41-60(71)62(61)69)70(47-23-14-13-15-24-47)59-30-20-27-52-51-26-19-28-53(68(10,11)12)63(51)73-64(52)59/h13-42H,1-12H3. The Kier molecular flexibility index (Phi) is 10.5. The van der Waals surface area contributed by atoms with Crippen molar-refractivity contribution in [2.24, 2.45) is 0 Å². The van der Waals surface area contributed by atoms with E-state index in [1.165, 1.54) is 60.8 Å². The molecule has 10 aromatic rings. The molecular formula is C68H66BN3O. The van der Waals surface area contributed by atoms with Gasteiger partial charge in [0, 0.05) is 55.8 Å². The van der Waals surface area contributed by atoms with Crippen LogP contribution in [-0.4, -0.2) is 6.71 Å². The predicted octanol–water partition coefficient (Wildman–Crippen LogP) is 17.5. The van der Waals surface area contributed by atoms with Gasteiger partial charge in [-0.2, -0.15) is 0 Å². The Hall–Kier alpha value is -7.50. The van der Waals surface area contributed by atoms with Crippen LogP contribution < -0.4 is 31.1 Å². The number of rotatable bonds is 5. The van der Waals surface area contributed by atoms with Crippen molar-refractivity contribution in [2.45, 2.75) is 105 Å². The third kappa shape index (κ3) is 7.65. The molecule has 1 aromatic heterocycles. The number of hydrogen-bond donors (Lipinski definition) is 0. The Morgan fingerprint density at radius 3 is 1.53 bits per heavy atom. The fraction of sp³-hybridized carbons (Fsp3) is 0.235. The summed E-state index contributed by atoms with van der Waals surface area (Å²) < 4.78 is 7.24. The first kappa shape index (κ1) is 46.6. The average molecular weight is 952 g/mol. The van der Waals surface area contributed by atoms with Gasteiger partial charge in [-0.15, -0.1) is 0 Å². The maximum Gasteiger partial charge on any atom is 0.252 e. The third-order valence-electron chi connectivity index (χ3n) is 15.6. The molecule has 0 N–H and O–H groups in total. The second-order valence-corrected chi connectivity index (χ2v) is 24.7. The molecule has 9 aromatic carbocycles. The number of fused-ring (bicyclic) bond motifs is 8. The summed E-state index contributed by atoms with van der Waals surface area (Å²) in [6.45, 7) is 27.7. The number of benzene rings is 9. The Bertz CT molecular complexity index is 3800. The van der Waals surface area contributed by atoms with Crippen LogP contribution in [0.1, 0.15) is 105 Å². The van der Waals surface area contributed by atoms with E-state index in [9.17, 15) is 0 Å². The van der Waals surface area contributed by atoms with Crippen molar-refractivity contribution in [1.29, 1.82) is 0 Å². The predicted molar refractivity (Wildman–Crippen MR) is 315 cm³/mol. The summed E-state index contributed by atoms with van der Waals surface area (Å²) in [6.07, 6.45) is 0. The number of anilines is 9. The summed E-state index contributed by atoms with van der Waals surface area (Å²) in [7, 11) is 0. The van der Waals surface area contributed by atoms with Gasteiger partial charge in [0.1, 0.15) is 5.58 Å². The van der Waals surface area contributed by atoms with E-state index in [1.807, 2.05) is 0 Å². The summed E-state index contributed by atoms with van der Waals surface area (Å²) in [5, 5.41) is 4.64. The van der Waals surface area contributed by atoms with Crippen LogP contribution in [-0.2, 0) is 21.7 Å². The topological polar surface area (TPSA) is 22.9 Å². The minimum absolute atomic E-state index is 0.000936. The molecule has 3 heterocycles. The van der Waals surface area contributed by atoms with Crippen molar-refractivity contribution in [3.63, 3.8) is 0 Å². The maximum absolute atomic E-state index is 7.24. The lowest BCUT2D eigenvalue weighted by atomic mass is 9.33. The van der Waals surface area contributed by atoms with Gasteiger partial charge in [-0.3, -0.25) is 0 Å². The van der Waals surface area contributed by atoms with Gasteiger partial charge in [-0.05, 0) is 121 Å². The molecule has 0 saturated carbocycles. The van der Waals surface area contributed by atoms with Crippen LogP contribution in [0.5, 0.6) is 0 Å². The first-order valence-corrected chi connectivity index (χ1v) is 26.2. The summed E-state index contributed by atoms with van der Waals surface area (Å²) in [6, 6.07) is 68.7. The summed E-state index contributed by atoms with van der Waals surface area (Å²) in [4.78, 5) is 7.59. The zero-order chi connectivity index (χ0) is 50.9. The molecule has 2 aliphatic rings. The van der Waals surface area contributed by atoms with Crippen molar-refractivity contribution in [3.8, 4) is 0 Å². The van der Waals surface area contributed by atoms with E-state index in [2.05, 4.69) is 280 Å². The highest BCUT2D eigenvalue weighted by molar-refractivity contribution is 7.00. The molecule has 0 atom stereocenters. The minimum atomic E-state index is -0.113. The highest BCUT2D eigenvalue weighted by Crippen LogP contribution is 2.51. The Balaban J connectivity index is 1.24. The van der Waals surface area contributed by atoms with Crippen LogP contribution in [0.2, 0.25) is 0 Å². The fourth-order valence-electron chi connectivity index (χ4n) is 11.7. The summed E-state index contributed by atoms with van der Waals surface area (Å²) in [5.41, 5.74) is 20.7. The molecule has 0 amide bonds. The van der Waals surface area contributed by atoms with Crippen LogP contribution in [0.4, 0.5) is 51.2 Å². The van der Waals surface area contributed by atoms with Gasteiger partial charge >= 0.3 is 0 Å². The van der Waals surface area contributed by atoms with Crippen molar-refractivity contribution in [1.82, 2.24) is 0 Å². The molecule has 5 heteroatoms. The number of para-hydroxylation sites is 3. The molecule has 73 heavy (non-hydrogen) atoms. The highest BCUT2D eigenvalue weighted by Gasteiger charge is 2.45. The van der Waals surface area contributed by atoms with Gasteiger partial charge in [0.15, 0.2) is 5.58 Å². The van der Waals surface area contributed by atoms with E-state index < -0.39 is 0 Å². The molecule has 362 valence electrons. The Labute approximate surface area is 433 Å². The lowest BCUT2D eigenvalue weighted by Crippen LogP contribution is -2.61. The molecule has 2 aliphatic heterocycles. The molecule has 0 unspecified atom stereocenters. The van der Waals surface area contributed by atoms with E-state index in [4.69, 9.17) is 4.42 Å². The average Bonchev–Trinajstić information content (AvgIpc) is 3.75. The SMILES string of the molecule is CC(C)(C)c1ccc(N2c3ccc(C(C)(C)C)cc3B3c4cc(C(C)(C)C)ccc4N(c4cccc5ccccc45)c4cc(N(c5ccccc5)c5cccc6c5oc5c(C(C)(C)C)cccc56)cc2c43)cc1. The molecule has 12 rings (SSSR count). The van der Waals surface area contributed by atoms with E-state index in [0.29, 0.717) is 0 Å². The first-order chi connectivity index (χ1) is 34.8. The fourth-order valence-corrected chi connectivity index (χ4v) is 11.7. The molecule has 0 spiro atoms. The second kappa shape index (κ2) is 16.5. The van der Waals surface area contributed by atoms with Crippen molar-refractivity contribution in [3.05, 3.63) is 204 Å². The molecule has 0 aliphatic carbocycles. The number of furan rings is 1. The Morgan fingerprint density at radius 2 is 0.904 bits per heavy atom. The zero-order valence-corrected chi connectivity index (χ0v) is 44.6. The summed E-state index contributed by atoms with van der Waals surface area (Å²) in [5.74, 6) is 0. The monoisotopic (exact) mass is 952 g/mol. The number of hydrogen-bond acceptors (Lipinski definition) is 4. The largest absolute Gasteiger partial charge is 0.454 e. The van der Waals surface area contributed by atoms with Crippen LogP contribution >= 0.6 is 0 Å². The van der Waals surface area contributed by atoms with Crippen LogP contribution in [0.15, 0.2) is 186 Å². The van der Waals surface area contributed by atoms with Crippen LogP contribution in [0.3, 0.4) is 0 Å². The van der Waals surface area contributed by atoms with Crippen molar-refractivity contribution < 1.29 is 4.42 Å². The zero-order valence-electron chi connectivity index (χ0n) is 44.6. The lowest BCUT2D eigenvalue weighted by Gasteiger charge is -2.46. The summed E-state index contributed by atoms with van der Waals surface area (Å²) >= 11 is 0. The Morgan fingerprint density at radius 1 is 0.384 bits per heavy atom. The highest BCUT2D eigenvalue weighted by atomic mass is 16.3. The molecule has 0 radical (unpaired) electrons. The van der Waals surface area contributed by atoms with Gasteiger partial charge in [-0.1, -0.05) is 204 Å². The molecule has 4 nitrogen and oxygen atoms in total. The molecule has 0 fully saturated rings. The first-order valence-electron chi connectivity index (χ1n) is 26.2. The van der Waals surface area contributed by atoms with Crippen LogP contribution in [0, 0.1) is 0 Å². The van der Waals surface area contributed by atoms with Gasteiger partial charge in [0.2, 0.25) is 0 Å². The van der Waals surface area contributed by atoms with Crippen molar-refractivity contribution >= 4 is 107 Å². The van der Waals surface area contributed by atoms with E-state index in [-0.39, 0.29) is 28.4 Å².